The second-order valence-corrected chi connectivity index (χ2v) is 7.37. The fourth-order valence-electron chi connectivity index (χ4n) is 2.78. The third-order valence-corrected chi connectivity index (χ3v) is 5.46. The maximum absolute atomic E-state index is 12.2. The van der Waals surface area contributed by atoms with Crippen molar-refractivity contribution >= 4 is 15.7 Å². The number of para-hydroxylation sites is 1. The average Bonchev–Trinajstić information content (AvgIpc) is 3.04. The quantitative estimate of drug-likeness (QED) is 0.922. The van der Waals surface area contributed by atoms with Gasteiger partial charge in [0.25, 0.3) is 0 Å². The summed E-state index contributed by atoms with van der Waals surface area (Å²) in [6.07, 6.45) is 1.01. The molecule has 0 aliphatic carbocycles. The van der Waals surface area contributed by atoms with Crippen LogP contribution >= 0.6 is 0 Å². The molecule has 1 aliphatic heterocycles. The maximum atomic E-state index is 12.2. The Morgan fingerprint density at radius 1 is 1.00 bits per heavy atom. The van der Waals surface area contributed by atoms with Gasteiger partial charge in [0, 0.05) is 25.3 Å². The van der Waals surface area contributed by atoms with Crippen LogP contribution in [0, 0.1) is 5.92 Å². The summed E-state index contributed by atoms with van der Waals surface area (Å²) in [5.74, 6) is 0.346. The lowest BCUT2D eigenvalue weighted by atomic mass is 10.1. The molecular formula is C17H20N2O2S. The van der Waals surface area contributed by atoms with Crippen molar-refractivity contribution in [1.82, 2.24) is 4.72 Å². The van der Waals surface area contributed by atoms with Crippen molar-refractivity contribution in [3.05, 3.63) is 60.7 Å². The monoisotopic (exact) mass is 316 g/mol. The van der Waals surface area contributed by atoms with Gasteiger partial charge in [0.05, 0.1) is 4.90 Å². The fraction of sp³-hybridized carbons (Fsp3) is 0.294. The Labute approximate surface area is 131 Å². The molecule has 1 fully saturated rings. The van der Waals surface area contributed by atoms with Crippen molar-refractivity contribution < 1.29 is 8.42 Å². The summed E-state index contributed by atoms with van der Waals surface area (Å²) in [6.45, 7) is 2.35. The van der Waals surface area contributed by atoms with Gasteiger partial charge in [-0.25, -0.2) is 13.1 Å². The molecule has 0 saturated carbocycles. The normalized spacial score (nSPS) is 18.5. The van der Waals surface area contributed by atoms with Gasteiger partial charge in [0.15, 0.2) is 0 Å². The molecule has 1 saturated heterocycles. The van der Waals surface area contributed by atoms with Crippen molar-refractivity contribution in [1.29, 1.82) is 0 Å². The van der Waals surface area contributed by atoms with E-state index in [0.29, 0.717) is 17.4 Å². The third kappa shape index (κ3) is 3.48. The molecule has 2 aromatic rings. The molecule has 4 nitrogen and oxygen atoms in total. The number of sulfonamides is 1. The molecular weight excluding hydrogens is 296 g/mol. The molecule has 0 amide bonds. The Balaban J connectivity index is 1.57. The van der Waals surface area contributed by atoms with Crippen LogP contribution in [0.5, 0.6) is 0 Å². The lowest BCUT2D eigenvalue weighted by molar-refractivity contribution is 0.541. The third-order valence-electron chi connectivity index (χ3n) is 4.02. The fourth-order valence-corrected chi connectivity index (χ4v) is 3.92. The Kier molecular flexibility index (Phi) is 4.45. The number of rotatable bonds is 5. The lowest BCUT2D eigenvalue weighted by Crippen LogP contribution is -2.31. The summed E-state index contributed by atoms with van der Waals surface area (Å²) in [7, 11) is -3.40. The second kappa shape index (κ2) is 6.50. The molecule has 1 atom stereocenters. The molecule has 2 aromatic carbocycles. The first-order valence-corrected chi connectivity index (χ1v) is 8.98. The van der Waals surface area contributed by atoms with Crippen LogP contribution in [-0.2, 0) is 10.0 Å². The minimum absolute atomic E-state index is 0.327. The molecule has 1 aliphatic rings. The van der Waals surface area contributed by atoms with Gasteiger partial charge in [-0.1, -0.05) is 36.4 Å². The Morgan fingerprint density at radius 3 is 2.32 bits per heavy atom. The van der Waals surface area contributed by atoms with Crippen molar-refractivity contribution in [2.45, 2.75) is 11.3 Å². The van der Waals surface area contributed by atoms with Crippen LogP contribution in [0.25, 0.3) is 0 Å². The number of nitrogens with one attached hydrogen (secondary N) is 1. The van der Waals surface area contributed by atoms with Crippen LogP contribution in [0.1, 0.15) is 6.42 Å². The molecule has 116 valence electrons. The molecule has 0 aromatic heterocycles. The van der Waals surface area contributed by atoms with E-state index in [1.54, 1.807) is 24.3 Å². The molecule has 0 unspecified atom stereocenters. The highest BCUT2D eigenvalue weighted by Gasteiger charge is 2.24. The molecule has 5 heteroatoms. The van der Waals surface area contributed by atoms with Gasteiger partial charge in [-0.3, -0.25) is 0 Å². The van der Waals surface area contributed by atoms with E-state index >= 15 is 0 Å². The summed E-state index contributed by atoms with van der Waals surface area (Å²) in [5.41, 5.74) is 1.20. The van der Waals surface area contributed by atoms with Crippen LogP contribution in [0.2, 0.25) is 0 Å². The van der Waals surface area contributed by atoms with E-state index in [0.717, 1.165) is 19.5 Å². The summed E-state index contributed by atoms with van der Waals surface area (Å²) < 4.78 is 27.2. The Morgan fingerprint density at radius 2 is 1.64 bits per heavy atom. The first kappa shape index (κ1) is 15.1. The van der Waals surface area contributed by atoms with E-state index in [-0.39, 0.29) is 0 Å². The first-order chi connectivity index (χ1) is 10.6. The van der Waals surface area contributed by atoms with Crippen LogP contribution in [-0.4, -0.2) is 28.1 Å². The zero-order valence-corrected chi connectivity index (χ0v) is 13.2. The number of nitrogens with zero attached hydrogens (tertiary/aromatic N) is 1. The number of hydrogen-bond acceptors (Lipinski definition) is 3. The number of benzene rings is 2. The number of hydrogen-bond donors (Lipinski definition) is 1. The van der Waals surface area contributed by atoms with Crippen LogP contribution in [0.15, 0.2) is 65.6 Å². The van der Waals surface area contributed by atoms with E-state index < -0.39 is 10.0 Å². The summed E-state index contributed by atoms with van der Waals surface area (Å²) >= 11 is 0. The summed E-state index contributed by atoms with van der Waals surface area (Å²) in [4.78, 5) is 2.63. The highest BCUT2D eigenvalue weighted by Crippen LogP contribution is 2.23. The van der Waals surface area contributed by atoms with Gasteiger partial charge in [-0.2, -0.15) is 0 Å². The largest absolute Gasteiger partial charge is 0.371 e. The van der Waals surface area contributed by atoms with Crippen LogP contribution in [0.4, 0.5) is 5.69 Å². The minimum atomic E-state index is -3.40. The molecule has 22 heavy (non-hydrogen) atoms. The Hall–Kier alpha value is -1.85. The summed E-state index contributed by atoms with van der Waals surface area (Å²) in [5, 5.41) is 0. The topological polar surface area (TPSA) is 49.4 Å². The van der Waals surface area contributed by atoms with E-state index in [1.165, 1.54) is 5.69 Å². The zero-order valence-electron chi connectivity index (χ0n) is 12.4. The predicted molar refractivity (Wildman–Crippen MR) is 88.4 cm³/mol. The molecule has 3 rings (SSSR count). The highest BCUT2D eigenvalue weighted by atomic mass is 32.2. The Bertz CT molecular complexity index is 702. The van der Waals surface area contributed by atoms with E-state index in [9.17, 15) is 8.42 Å². The average molecular weight is 316 g/mol. The lowest BCUT2D eigenvalue weighted by Gasteiger charge is -2.18. The van der Waals surface area contributed by atoms with Crippen molar-refractivity contribution in [3.8, 4) is 0 Å². The van der Waals surface area contributed by atoms with Gasteiger partial charge >= 0.3 is 0 Å². The second-order valence-electron chi connectivity index (χ2n) is 5.60. The van der Waals surface area contributed by atoms with Crippen molar-refractivity contribution in [2.75, 3.05) is 24.5 Å². The van der Waals surface area contributed by atoms with Gasteiger partial charge in [0.1, 0.15) is 0 Å². The van der Waals surface area contributed by atoms with Crippen LogP contribution < -0.4 is 9.62 Å². The molecule has 1 N–H and O–H groups in total. The molecule has 0 bridgehead atoms. The SMILES string of the molecule is O=S(=O)(NC[C@H]1CCN(c2ccccc2)C1)c1ccccc1. The standard InChI is InChI=1S/C17H20N2O2S/c20-22(21,17-9-5-2-6-10-17)18-13-15-11-12-19(14-15)16-7-3-1-4-8-16/h1-10,15,18H,11-14H2/t15-/m1/s1. The highest BCUT2D eigenvalue weighted by molar-refractivity contribution is 7.89. The first-order valence-electron chi connectivity index (χ1n) is 7.50. The van der Waals surface area contributed by atoms with Gasteiger partial charge in [0.2, 0.25) is 10.0 Å². The summed E-state index contributed by atoms with van der Waals surface area (Å²) in [6, 6.07) is 18.8. The predicted octanol–water partition coefficient (Wildman–Crippen LogP) is 2.49. The maximum Gasteiger partial charge on any atom is 0.240 e. The minimum Gasteiger partial charge on any atom is -0.371 e. The van der Waals surface area contributed by atoms with Crippen molar-refractivity contribution in [3.63, 3.8) is 0 Å². The van der Waals surface area contributed by atoms with E-state index in [1.807, 2.05) is 24.3 Å². The van der Waals surface area contributed by atoms with Gasteiger partial charge in [-0.05, 0) is 36.6 Å². The van der Waals surface area contributed by atoms with Crippen molar-refractivity contribution in [2.24, 2.45) is 5.92 Å². The van der Waals surface area contributed by atoms with E-state index in [4.69, 9.17) is 0 Å². The van der Waals surface area contributed by atoms with Crippen LogP contribution in [0.3, 0.4) is 0 Å². The smallest absolute Gasteiger partial charge is 0.240 e. The van der Waals surface area contributed by atoms with Gasteiger partial charge in [-0.15, -0.1) is 0 Å². The molecule has 1 heterocycles. The van der Waals surface area contributed by atoms with E-state index in [2.05, 4.69) is 21.8 Å². The molecule has 0 radical (unpaired) electrons. The van der Waals surface area contributed by atoms with Gasteiger partial charge < -0.3 is 4.90 Å². The molecule has 0 spiro atoms. The number of anilines is 1. The zero-order chi connectivity index (χ0) is 15.4.